The van der Waals surface area contributed by atoms with Crippen molar-refractivity contribution in [2.45, 2.75) is 13.1 Å². The number of nitrogens with zero attached hydrogens (tertiary/aromatic N) is 4. The molecule has 4 rings (SSSR count). The van der Waals surface area contributed by atoms with Crippen LogP contribution in [0.4, 0.5) is 0 Å². The molecule has 7 nitrogen and oxygen atoms in total. The molecule has 2 heterocycles. The summed E-state index contributed by atoms with van der Waals surface area (Å²) in [5.74, 6) is 0.594. The fourth-order valence-electron chi connectivity index (χ4n) is 2.86. The van der Waals surface area contributed by atoms with Crippen LogP contribution in [0.3, 0.4) is 0 Å². The molecule has 29 heavy (non-hydrogen) atoms. The number of thiazole rings is 1. The zero-order valence-corrected chi connectivity index (χ0v) is 16.6. The van der Waals surface area contributed by atoms with Gasteiger partial charge >= 0.3 is 0 Å². The van der Waals surface area contributed by atoms with Gasteiger partial charge in [-0.3, -0.25) is 4.79 Å². The van der Waals surface area contributed by atoms with Gasteiger partial charge in [-0.2, -0.15) is 5.10 Å². The zero-order valence-electron chi connectivity index (χ0n) is 15.8. The molecule has 0 spiro atoms. The largest absolute Gasteiger partial charge is 0.497 e. The predicted molar refractivity (Wildman–Crippen MR) is 111 cm³/mol. The Hall–Kier alpha value is -3.52. The molecule has 1 amide bonds. The van der Waals surface area contributed by atoms with E-state index in [1.165, 1.54) is 17.7 Å². The number of rotatable bonds is 7. The first-order chi connectivity index (χ1) is 14.2. The van der Waals surface area contributed by atoms with Gasteiger partial charge in [0.2, 0.25) is 0 Å². The lowest BCUT2D eigenvalue weighted by atomic mass is 10.1. The maximum absolute atomic E-state index is 12.5. The fourth-order valence-corrected chi connectivity index (χ4v) is 3.66. The molecule has 0 saturated heterocycles. The van der Waals surface area contributed by atoms with Gasteiger partial charge in [-0.1, -0.05) is 24.3 Å². The van der Waals surface area contributed by atoms with Crippen LogP contribution in [0.25, 0.3) is 10.6 Å². The van der Waals surface area contributed by atoms with E-state index >= 15 is 0 Å². The number of nitrogens with one attached hydrogen (secondary N) is 1. The molecule has 4 aromatic rings. The third-order valence-corrected chi connectivity index (χ3v) is 5.22. The van der Waals surface area contributed by atoms with E-state index in [9.17, 15) is 4.79 Å². The molecule has 2 aromatic heterocycles. The molecule has 0 saturated carbocycles. The lowest BCUT2D eigenvalue weighted by Crippen LogP contribution is -2.23. The SMILES string of the molecule is COc1ccc(-c2nc(C(=O)NCc3cccc(Cn4cncn4)c3)cs2)cc1. The van der Waals surface area contributed by atoms with E-state index in [1.54, 1.807) is 23.5 Å². The molecular formula is C21H19N5O2S. The molecule has 8 heteroatoms. The average molecular weight is 405 g/mol. The van der Waals surface area contributed by atoms with Gasteiger partial charge in [0.05, 0.1) is 13.7 Å². The van der Waals surface area contributed by atoms with Gasteiger partial charge in [-0.05, 0) is 35.4 Å². The summed E-state index contributed by atoms with van der Waals surface area (Å²) in [6.45, 7) is 1.07. The van der Waals surface area contributed by atoms with Crippen molar-refractivity contribution in [3.05, 3.63) is 83.4 Å². The predicted octanol–water partition coefficient (Wildman–Crippen LogP) is 3.39. The number of hydrogen-bond donors (Lipinski definition) is 1. The maximum atomic E-state index is 12.5. The minimum absolute atomic E-state index is 0.192. The van der Waals surface area contributed by atoms with Crippen LogP contribution < -0.4 is 10.1 Å². The Morgan fingerprint density at radius 3 is 2.76 bits per heavy atom. The third-order valence-electron chi connectivity index (χ3n) is 4.33. The van der Waals surface area contributed by atoms with Crippen LogP contribution >= 0.6 is 11.3 Å². The van der Waals surface area contributed by atoms with Crippen molar-refractivity contribution in [3.8, 4) is 16.3 Å². The number of carbonyl (C=O) groups excluding carboxylic acids is 1. The number of aromatic nitrogens is 4. The molecular weight excluding hydrogens is 386 g/mol. The summed E-state index contributed by atoms with van der Waals surface area (Å²) >= 11 is 1.44. The number of hydrogen-bond acceptors (Lipinski definition) is 6. The van der Waals surface area contributed by atoms with Crippen LogP contribution in [0.5, 0.6) is 5.75 Å². The standard InChI is InChI=1S/C21H19N5O2S/c1-28-18-7-5-17(6-8-18)21-25-19(12-29-21)20(27)23-10-15-3-2-4-16(9-15)11-26-14-22-13-24-26/h2-9,12-14H,10-11H2,1H3,(H,23,27). The minimum atomic E-state index is -0.192. The summed E-state index contributed by atoms with van der Waals surface area (Å²) < 4.78 is 6.93. The first-order valence-corrected chi connectivity index (χ1v) is 9.87. The van der Waals surface area contributed by atoms with E-state index in [-0.39, 0.29) is 5.91 Å². The summed E-state index contributed by atoms with van der Waals surface area (Å²) in [6.07, 6.45) is 3.19. The van der Waals surface area contributed by atoms with Gasteiger partial charge in [-0.15, -0.1) is 11.3 Å². The molecule has 0 unspecified atom stereocenters. The van der Waals surface area contributed by atoms with Gasteiger partial charge in [0.25, 0.3) is 5.91 Å². The van der Waals surface area contributed by atoms with Crippen LogP contribution in [-0.2, 0) is 13.1 Å². The summed E-state index contributed by atoms with van der Waals surface area (Å²) in [7, 11) is 1.63. The molecule has 2 aromatic carbocycles. The Morgan fingerprint density at radius 2 is 2.00 bits per heavy atom. The Labute approximate surface area is 172 Å². The molecule has 0 bridgehead atoms. The molecule has 0 atom stereocenters. The number of amides is 1. The van der Waals surface area contributed by atoms with Crippen LogP contribution in [0.15, 0.2) is 66.6 Å². The Bertz CT molecular complexity index is 1090. The number of ether oxygens (including phenoxy) is 1. The highest BCUT2D eigenvalue weighted by molar-refractivity contribution is 7.13. The summed E-state index contributed by atoms with van der Waals surface area (Å²) in [4.78, 5) is 20.9. The second-order valence-electron chi connectivity index (χ2n) is 6.36. The van der Waals surface area contributed by atoms with Crippen molar-refractivity contribution in [3.63, 3.8) is 0 Å². The monoisotopic (exact) mass is 405 g/mol. The Morgan fingerprint density at radius 1 is 1.17 bits per heavy atom. The van der Waals surface area contributed by atoms with Crippen molar-refractivity contribution in [2.24, 2.45) is 0 Å². The second kappa shape index (κ2) is 8.66. The van der Waals surface area contributed by atoms with Crippen molar-refractivity contribution in [1.29, 1.82) is 0 Å². The van der Waals surface area contributed by atoms with E-state index in [2.05, 4.69) is 20.4 Å². The number of carbonyl (C=O) groups is 1. The van der Waals surface area contributed by atoms with Gasteiger partial charge in [0.1, 0.15) is 29.1 Å². The summed E-state index contributed by atoms with van der Waals surface area (Å²) in [5, 5.41) is 9.62. The van der Waals surface area contributed by atoms with Gasteiger partial charge in [-0.25, -0.2) is 14.6 Å². The molecule has 146 valence electrons. The molecule has 0 radical (unpaired) electrons. The third kappa shape index (κ3) is 4.67. The Kier molecular flexibility index (Phi) is 5.62. The van der Waals surface area contributed by atoms with Crippen molar-refractivity contribution >= 4 is 17.2 Å². The number of methoxy groups -OCH3 is 1. The van der Waals surface area contributed by atoms with Gasteiger partial charge in [0, 0.05) is 17.5 Å². The van der Waals surface area contributed by atoms with Crippen molar-refractivity contribution < 1.29 is 9.53 Å². The lowest BCUT2D eigenvalue weighted by Gasteiger charge is -2.07. The number of benzene rings is 2. The normalized spacial score (nSPS) is 10.7. The minimum Gasteiger partial charge on any atom is -0.497 e. The zero-order chi connectivity index (χ0) is 20.1. The van der Waals surface area contributed by atoms with Crippen LogP contribution in [0, 0.1) is 0 Å². The second-order valence-corrected chi connectivity index (χ2v) is 7.22. The highest BCUT2D eigenvalue weighted by Gasteiger charge is 2.12. The van der Waals surface area contributed by atoms with E-state index in [0.29, 0.717) is 18.8 Å². The highest BCUT2D eigenvalue weighted by Crippen LogP contribution is 2.25. The van der Waals surface area contributed by atoms with E-state index < -0.39 is 0 Å². The van der Waals surface area contributed by atoms with Crippen LogP contribution in [0.2, 0.25) is 0 Å². The quantitative estimate of drug-likeness (QED) is 0.510. The van der Waals surface area contributed by atoms with Gasteiger partial charge < -0.3 is 10.1 Å². The Balaban J connectivity index is 1.38. The fraction of sp³-hybridized carbons (Fsp3) is 0.143. The summed E-state index contributed by atoms with van der Waals surface area (Å²) in [5.41, 5.74) is 3.48. The highest BCUT2D eigenvalue weighted by atomic mass is 32.1. The smallest absolute Gasteiger partial charge is 0.271 e. The van der Waals surface area contributed by atoms with Gasteiger partial charge in [0.15, 0.2) is 0 Å². The van der Waals surface area contributed by atoms with Crippen molar-refractivity contribution in [1.82, 2.24) is 25.1 Å². The van der Waals surface area contributed by atoms with Crippen LogP contribution in [-0.4, -0.2) is 32.8 Å². The van der Waals surface area contributed by atoms with Crippen LogP contribution in [0.1, 0.15) is 21.6 Å². The topological polar surface area (TPSA) is 81.9 Å². The first kappa shape index (κ1) is 18.8. The van der Waals surface area contributed by atoms with E-state index in [1.807, 2.05) is 48.5 Å². The molecule has 0 aliphatic rings. The molecule has 0 fully saturated rings. The maximum Gasteiger partial charge on any atom is 0.271 e. The molecule has 0 aliphatic heterocycles. The molecule has 1 N–H and O–H groups in total. The average Bonchev–Trinajstić information content (AvgIpc) is 3.45. The van der Waals surface area contributed by atoms with E-state index in [0.717, 1.165) is 27.4 Å². The first-order valence-electron chi connectivity index (χ1n) is 8.99. The molecule has 0 aliphatic carbocycles. The summed E-state index contributed by atoms with van der Waals surface area (Å²) in [6, 6.07) is 15.6. The lowest BCUT2D eigenvalue weighted by molar-refractivity contribution is 0.0946. The van der Waals surface area contributed by atoms with Crippen molar-refractivity contribution in [2.75, 3.05) is 7.11 Å². The van der Waals surface area contributed by atoms with E-state index in [4.69, 9.17) is 4.74 Å².